The molecule has 6 nitrogen and oxygen atoms in total. The standard InChI is InChI=1S/C17H18ClN3O3/c1-20-11-12(10-19-20)8-13-9-16(22)21(17(13)23)6-7-24-15-4-2-14(18)3-5-15/h2-5,10-11,13H,6-9H2,1H3. The first kappa shape index (κ1) is 16.5. The summed E-state index contributed by atoms with van der Waals surface area (Å²) in [6.45, 7) is 0.516. The second-order valence-corrected chi connectivity index (χ2v) is 6.25. The molecule has 1 aromatic heterocycles. The molecule has 0 N–H and O–H groups in total. The molecule has 1 unspecified atom stereocenters. The molecule has 1 aromatic carbocycles. The van der Waals surface area contributed by atoms with E-state index in [0.29, 0.717) is 17.2 Å². The van der Waals surface area contributed by atoms with Crippen molar-refractivity contribution in [3.63, 3.8) is 0 Å². The number of hydrogen-bond donors (Lipinski definition) is 0. The smallest absolute Gasteiger partial charge is 0.233 e. The first-order valence-corrected chi connectivity index (χ1v) is 8.11. The third-order valence-electron chi connectivity index (χ3n) is 3.98. The van der Waals surface area contributed by atoms with Gasteiger partial charge in [0.25, 0.3) is 0 Å². The van der Waals surface area contributed by atoms with Gasteiger partial charge >= 0.3 is 0 Å². The summed E-state index contributed by atoms with van der Waals surface area (Å²) < 4.78 is 7.25. The number of rotatable bonds is 6. The van der Waals surface area contributed by atoms with Gasteiger partial charge in [-0.2, -0.15) is 5.10 Å². The highest BCUT2D eigenvalue weighted by atomic mass is 35.5. The minimum atomic E-state index is -0.308. The number of aryl methyl sites for hydroxylation is 1. The van der Waals surface area contributed by atoms with Crippen LogP contribution in [-0.4, -0.2) is 39.6 Å². The average Bonchev–Trinajstić information content (AvgIpc) is 3.07. The summed E-state index contributed by atoms with van der Waals surface area (Å²) in [5, 5.41) is 4.72. The van der Waals surface area contributed by atoms with Crippen molar-refractivity contribution in [2.24, 2.45) is 13.0 Å². The summed E-state index contributed by atoms with van der Waals surface area (Å²) in [5.41, 5.74) is 0.961. The van der Waals surface area contributed by atoms with Crippen LogP contribution >= 0.6 is 11.6 Å². The number of carbonyl (C=O) groups excluding carboxylic acids is 2. The Hall–Kier alpha value is -2.34. The summed E-state index contributed by atoms with van der Waals surface area (Å²) in [6, 6.07) is 6.96. The molecule has 126 valence electrons. The Morgan fingerprint density at radius 2 is 2.04 bits per heavy atom. The van der Waals surface area contributed by atoms with Crippen LogP contribution in [0.5, 0.6) is 5.75 Å². The summed E-state index contributed by atoms with van der Waals surface area (Å²) >= 11 is 5.81. The molecule has 3 rings (SSSR count). The van der Waals surface area contributed by atoms with Gasteiger partial charge in [-0.3, -0.25) is 19.2 Å². The van der Waals surface area contributed by atoms with Crippen LogP contribution in [-0.2, 0) is 23.1 Å². The highest BCUT2D eigenvalue weighted by molar-refractivity contribution is 6.30. The number of amides is 2. The largest absolute Gasteiger partial charge is 0.492 e. The van der Waals surface area contributed by atoms with Crippen molar-refractivity contribution in [2.45, 2.75) is 12.8 Å². The van der Waals surface area contributed by atoms with Crippen LogP contribution in [0, 0.1) is 5.92 Å². The van der Waals surface area contributed by atoms with E-state index in [2.05, 4.69) is 5.10 Å². The molecule has 0 radical (unpaired) electrons. The third-order valence-corrected chi connectivity index (χ3v) is 4.23. The fourth-order valence-corrected chi connectivity index (χ4v) is 2.92. The predicted molar refractivity (Wildman–Crippen MR) is 88.7 cm³/mol. The fraction of sp³-hybridized carbons (Fsp3) is 0.353. The van der Waals surface area contributed by atoms with Gasteiger partial charge in [0.1, 0.15) is 12.4 Å². The van der Waals surface area contributed by atoms with Gasteiger partial charge in [0, 0.05) is 24.7 Å². The molecule has 0 saturated carbocycles. The Morgan fingerprint density at radius 1 is 1.29 bits per heavy atom. The van der Waals surface area contributed by atoms with E-state index < -0.39 is 0 Å². The van der Waals surface area contributed by atoms with Gasteiger partial charge < -0.3 is 4.74 Å². The van der Waals surface area contributed by atoms with Gasteiger partial charge in [-0.05, 0) is 36.2 Å². The molecular weight excluding hydrogens is 330 g/mol. The fourth-order valence-electron chi connectivity index (χ4n) is 2.79. The average molecular weight is 348 g/mol. The van der Waals surface area contributed by atoms with Crippen LogP contribution in [0.4, 0.5) is 0 Å². The maximum absolute atomic E-state index is 12.4. The van der Waals surface area contributed by atoms with Crippen LogP contribution in [0.3, 0.4) is 0 Å². The van der Waals surface area contributed by atoms with Crippen LogP contribution in [0.25, 0.3) is 0 Å². The number of halogens is 1. The lowest BCUT2D eigenvalue weighted by molar-refractivity contribution is -0.139. The van der Waals surface area contributed by atoms with E-state index in [9.17, 15) is 9.59 Å². The zero-order valence-electron chi connectivity index (χ0n) is 13.3. The molecule has 1 aliphatic heterocycles. The Balaban J connectivity index is 1.53. The van der Waals surface area contributed by atoms with Gasteiger partial charge in [-0.15, -0.1) is 0 Å². The van der Waals surface area contributed by atoms with E-state index in [1.165, 1.54) is 4.90 Å². The molecule has 2 amide bonds. The Morgan fingerprint density at radius 3 is 2.71 bits per heavy atom. The highest BCUT2D eigenvalue weighted by Gasteiger charge is 2.38. The van der Waals surface area contributed by atoms with E-state index >= 15 is 0 Å². The molecule has 1 fully saturated rings. The van der Waals surface area contributed by atoms with E-state index in [1.807, 2.05) is 13.2 Å². The zero-order chi connectivity index (χ0) is 17.1. The van der Waals surface area contributed by atoms with Crippen molar-refractivity contribution < 1.29 is 14.3 Å². The molecule has 24 heavy (non-hydrogen) atoms. The summed E-state index contributed by atoms with van der Waals surface area (Å²) in [5.74, 6) is 0.0693. The number of carbonyl (C=O) groups is 2. The molecule has 1 saturated heterocycles. The van der Waals surface area contributed by atoms with Gasteiger partial charge in [-0.25, -0.2) is 0 Å². The topological polar surface area (TPSA) is 64.4 Å². The molecule has 0 bridgehead atoms. The molecule has 0 spiro atoms. The molecule has 1 aliphatic rings. The summed E-state index contributed by atoms with van der Waals surface area (Å²) in [7, 11) is 1.82. The van der Waals surface area contributed by atoms with Crippen LogP contribution in [0.2, 0.25) is 5.02 Å². The van der Waals surface area contributed by atoms with Gasteiger partial charge in [0.2, 0.25) is 11.8 Å². The van der Waals surface area contributed by atoms with E-state index in [1.54, 1.807) is 35.1 Å². The minimum absolute atomic E-state index is 0.136. The number of benzene rings is 1. The second-order valence-electron chi connectivity index (χ2n) is 5.81. The van der Waals surface area contributed by atoms with Gasteiger partial charge in [0.15, 0.2) is 0 Å². The number of likely N-dealkylation sites (tertiary alicyclic amines) is 1. The van der Waals surface area contributed by atoms with E-state index in [0.717, 1.165) is 5.56 Å². The summed E-state index contributed by atoms with van der Waals surface area (Å²) in [4.78, 5) is 25.8. The Bertz CT molecular complexity index is 742. The number of nitrogens with zero attached hydrogens (tertiary/aromatic N) is 3. The van der Waals surface area contributed by atoms with Crippen molar-refractivity contribution in [3.05, 3.63) is 47.2 Å². The van der Waals surface area contributed by atoms with Gasteiger partial charge in [-0.1, -0.05) is 11.6 Å². The predicted octanol–water partition coefficient (Wildman–Crippen LogP) is 2.07. The lowest BCUT2D eigenvalue weighted by Crippen LogP contribution is -2.34. The zero-order valence-corrected chi connectivity index (χ0v) is 14.1. The molecule has 2 aromatic rings. The maximum Gasteiger partial charge on any atom is 0.233 e. The monoisotopic (exact) mass is 347 g/mol. The molecule has 1 atom stereocenters. The normalized spacial score (nSPS) is 17.6. The van der Waals surface area contributed by atoms with Crippen molar-refractivity contribution in [1.82, 2.24) is 14.7 Å². The SMILES string of the molecule is Cn1cc(CC2CC(=O)N(CCOc3ccc(Cl)cc3)C2=O)cn1. The first-order valence-electron chi connectivity index (χ1n) is 7.73. The minimum Gasteiger partial charge on any atom is -0.492 e. The van der Waals surface area contributed by atoms with Gasteiger partial charge in [0.05, 0.1) is 18.7 Å². The number of aromatic nitrogens is 2. The van der Waals surface area contributed by atoms with Crippen molar-refractivity contribution >= 4 is 23.4 Å². The maximum atomic E-state index is 12.4. The molecule has 7 heteroatoms. The first-order chi connectivity index (χ1) is 11.5. The number of imide groups is 1. The van der Waals surface area contributed by atoms with Crippen LogP contribution < -0.4 is 4.74 Å². The van der Waals surface area contributed by atoms with Crippen LogP contribution in [0.1, 0.15) is 12.0 Å². The Kier molecular flexibility index (Phi) is 4.85. The van der Waals surface area contributed by atoms with E-state index in [-0.39, 0.29) is 37.3 Å². The number of hydrogen-bond acceptors (Lipinski definition) is 4. The van der Waals surface area contributed by atoms with E-state index in [4.69, 9.17) is 16.3 Å². The highest BCUT2D eigenvalue weighted by Crippen LogP contribution is 2.23. The Labute approximate surface area is 145 Å². The lowest BCUT2D eigenvalue weighted by Gasteiger charge is -2.15. The van der Waals surface area contributed by atoms with Crippen molar-refractivity contribution in [2.75, 3.05) is 13.2 Å². The quantitative estimate of drug-likeness (QED) is 0.750. The number of ether oxygens (including phenoxy) is 1. The lowest BCUT2D eigenvalue weighted by atomic mass is 10.0. The van der Waals surface area contributed by atoms with Crippen molar-refractivity contribution in [3.8, 4) is 5.75 Å². The molecular formula is C17H18ClN3O3. The second kappa shape index (κ2) is 7.05. The van der Waals surface area contributed by atoms with Crippen molar-refractivity contribution in [1.29, 1.82) is 0 Å². The molecule has 0 aliphatic carbocycles. The summed E-state index contributed by atoms with van der Waals surface area (Å²) in [6.07, 6.45) is 4.37. The molecule has 2 heterocycles. The third kappa shape index (κ3) is 3.76. The van der Waals surface area contributed by atoms with Crippen LogP contribution in [0.15, 0.2) is 36.7 Å².